The lowest BCUT2D eigenvalue weighted by atomic mass is 10.0. The summed E-state index contributed by atoms with van der Waals surface area (Å²) in [6.45, 7) is 1.26. The van der Waals surface area contributed by atoms with Crippen LogP contribution in [0.1, 0.15) is 32.6 Å². The Kier molecular flexibility index (Phi) is 34.9. The van der Waals surface area contributed by atoms with Crippen molar-refractivity contribution in [2.24, 2.45) is 42.9 Å². The van der Waals surface area contributed by atoms with Crippen LogP contribution in [0.15, 0.2) is 92.8 Å². The number of nitrogens with two attached hydrogens (primary N) is 4. The third-order valence-corrected chi connectivity index (χ3v) is 8.38. The van der Waals surface area contributed by atoms with Gasteiger partial charge in [0.1, 0.15) is 36.6 Å². The largest absolute Gasteiger partial charge is 0.479 e. The average molecular weight is 1010 g/mol. The highest BCUT2D eigenvalue weighted by atomic mass is 35.5. The highest BCUT2D eigenvalue weighted by Gasteiger charge is 2.34. The van der Waals surface area contributed by atoms with E-state index in [1.165, 1.54) is 6.08 Å². The molecule has 0 radical (unpaired) electrons. The highest BCUT2D eigenvalue weighted by molar-refractivity contribution is 6.31. The standard InChI is InChI=1S/C22H30Cl2N10.2C6H12O7.C6H8O2/c23-15-5-9-17(10-6-15)31-21(27)33-19(25)29-13-3-1-2-4-14-30-20(26)34-22(28)32-18-11-7-16(24)8-12-18;2*7-1-2(8)3(9)4(10)5(11)6(12)13;1-2-3-4-5-6(7)8/h5-12H,1-4,13-14H2,(H5,25,27,29,31,33)(H5,26,28,30,32,34);2*2-5,7-11H,1H2,(H,12,13);2-5H,1H3,(H,7,8)/t;2*2-,3-,4+,5-;/m.11./s1. The second-order valence-corrected chi connectivity index (χ2v) is 14.3. The van der Waals surface area contributed by atoms with Gasteiger partial charge in [-0.3, -0.25) is 9.98 Å². The van der Waals surface area contributed by atoms with Crippen molar-refractivity contribution in [2.75, 3.05) is 36.9 Å². The third-order valence-electron chi connectivity index (χ3n) is 7.87. The van der Waals surface area contributed by atoms with Crippen molar-refractivity contribution < 1.29 is 80.8 Å². The zero-order chi connectivity index (χ0) is 52.4. The highest BCUT2D eigenvalue weighted by Crippen LogP contribution is 2.14. The van der Waals surface area contributed by atoms with E-state index in [2.05, 4.69) is 30.6 Å². The van der Waals surface area contributed by atoms with Gasteiger partial charge >= 0.3 is 17.9 Å². The van der Waals surface area contributed by atoms with E-state index in [4.69, 9.17) is 113 Å². The van der Waals surface area contributed by atoms with Crippen LogP contribution in [0.5, 0.6) is 0 Å². The van der Waals surface area contributed by atoms with E-state index in [0.717, 1.165) is 43.1 Å². The Morgan fingerprint density at radius 1 is 0.574 bits per heavy atom. The van der Waals surface area contributed by atoms with Crippen LogP contribution in [0.3, 0.4) is 0 Å². The first kappa shape index (κ1) is 64.1. The van der Waals surface area contributed by atoms with E-state index in [0.29, 0.717) is 23.1 Å². The molecule has 382 valence electrons. The smallest absolute Gasteiger partial charge is 0.335 e. The minimum absolute atomic E-state index is 0.124. The van der Waals surface area contributed by atoms with Gasteiger partial charge in [0.15, 0.2) is 12.2 Å². The monoisotopic (exact) mass is 1010 g/mol. The molecule has 0 unspecified atom stereocenters. The molecule has 0 spiro atoms. The molecular weight excluding hydrogens is 947 g/mol. The number of hydrogen-bond acceptors (Lipinski definition) is 15. The Morgan fingerprint density at radius 2 is 0.912 bits per heavy atom. The number of halogens is 2. The Morgan fingerprint density at radius 3 is 1.19 bits per heavy atom. The molecule has 0 aromatic heterocycles. The summed E-state index contributed by atoms with van der Waals surface area (Å²) in [6, 6.07) is 14.1. The molecule has 23 N–H and O–H groups in total. The summed E-state index contributed by atoms with van der Waals surface area (Å²) in [7, 11) is 0. The van der Waals surface area contributed by atoms with Crippen molar-refractivity contribution in [1.82, 2.24) is 0 Å². The zero-order valence-corrected chi connectivity index (χ0v) is 38.1. The number of carboxylic acid groups (broad SMARTS) is 3. The molecule has 0 aliphatic carbocycles. The van der Waals surface area contributed by atoms with Gasteiger partial charge in [0, 0.05) is 40.6 Å². The summed E-state index contributed by atoms with van der Waals surface area (Å²) in [5, 5.41) is 119. The quantitative estimate of drug-likeness (QED) is 0.0203. The number of rotatable bonds is 21. The first-order chi connectivity index (χ1) is 31.9. The minimum atomic E-state index is -2.20. The Hall–Kier alpha value is -6.01. The lowest BCUT2D eigenvalue weighted by Crippen LogP contribution is -2.48. The fraction of sp³-hybridized carbons (Fsp3) is 0.425. The van der Waals surface area contributed by atoms with Gasteiger partial charge in [-0.2, -0.15) is 9.98 Å². The molecule has 8 atom stereocenters. The van der Waals surface area contributed by atoms with Crippen LogP contribution in [0, 0.1) is 0 Å². The molecule has 0 saturated carbocycles. The molecule has 0 heterocycles. The van der Waals surface area contributed by atoms with E-state index in [1.807, 2.05) is 6.92 Å². The summed E-state index contributed by atoms with van der Waals surface area (Å²) in [5.41, 5.74) is 24.8. The fourth-order valence-corrected chi connectivity index (χ4v) is 4.54. The normalized spacial score (nSPS) is 15.7. The van der Waals surface area contributed by atoms with Gasteiger partial charge < -0.3 is 100.0 Å². The first-order valence-corrected chi connectivity index (χ1v) is 20.6. The molecule has 2 aromatic rings. The van der Waals surface area contributed by atoms with Crippen LogP contribution in [0.2, 0.25) is 10.0 Å². The number of benzene rings is 2. The summed E-state index contributed by atoms with van der Waals surface area (Å²) in [6.07, 6.45) is -6.01. The van der Waals surface area contributed by atoms with E-state index < -0.39 is 80.0 Å². The molecule has 0 aliphatic rings. The molecule has 0 amide bonds. The lowest BCUT2D eigenvalue weighted by molar-refractivity contribution is -0.164. The SMILES string of the molecule is CC=CC=CC(=O)O.NC(=NCCCCCCN=C(N)N=C(N)Nc1ccc(Cl)cc1)N=C(N)Nc1ccc(Cl)cc1.O=C(O)[C@H](O)[C@@H](O)[C@H](O)[C@H](O)CO.O=C(O)[C@H](O)[C@@H](O)[C@H](O)[C@H](O)CO. The van der Waals surface area contributed by atoms with Crippen molar-refractivity contribution in [1.29, 1.82) is 0 Å². The molecule has 28 heteroatoms. The first-order valence-electron chi connectivity index (χ1n) is 19.9. The number of guanidine groups is 4. The second-order valence-electron chi connectivity index (χ2n) is 13.4. The molecule has 68 heavy (non-hydrogen) atoms. The minimum Gasteiger partial charge on any atom is -0.479 e. The summed E-state index contributed by atoms with van der Waals surface area (Å²) >= 11 is 11.7. The molecule has 0 saturated heterocycles. The third kappa shape index (κ3) is 31.1. The maximum absolute atomic E-state index is 10.1. The number of aliphatic hydroxyl groups excluding tert-OH is 10. The Labute approximate surface area is 400 Å². The number of anilines is 2. The molecule has 0 fully saturated rings. The van der Waals surface area contributed by atoms with Crippen molar-refractivity contribution >= 4 is 76.3 Å². The van der Waals surface area contributed by atoms with Crippen molar-refractivity contribution in [3.8, 4) is 0 Å². The van der Waals surface area contributed by atoms with Gasteiger partial charge in [0.25, 0.3) is 0 Å². The van der Waals surface area contributed by atoms with Gasteiger partial charge in [-0.25, -0.2) is 14.4 Å². The number of nitrogens with one attached hydrogen (secondary N) is 2. The van der Waals surface area contributed by atoms with Crippen molar-refractivity contribution in [3.63, 3.8) is 0 Å². The van der Waals surface area contributed by atoms with Crippen molar-refractivity contribution in [2.45, 2.75) is 81.4 Å². The van der Waals surface area contributed by atoms with Crippen LogP contribution in [0.4, 0.5) is 11.4 Å². The number of unbranched alkanes of at least 4 members (excludes halogenated alkanes) is 3. The van der Waals surface area contributed by atoms with Crippen LogP contribution in [-0.4, -0.2) is 183 Å². The van der Waals surface area contributed by atoms with E-state index in [1.54, 1.807) is 60.7 Å². The number of allylic oxidation sites excluding steroid dienone is 3. The molecule has 0 aliphatic heterocycles. The zero-order valence-electron chi connectivity index (χ0n) is 36.6. The fourth-order valence-electron chi connectivity index (χ4n) is 4.29. The number of aliphatic imine (C=N–C) groups is 4. The van der Waals surface area contributed by atoms with E-state index in [9.17, 15) is 14.4 Å². The van der Waals surface area contributed by atoms with Gasteiger partial charge in [-0.1, -0.05) is 54.3 Å². The lowest BCUT2D eigenvalue weighted by Gasteiger charge is -2.23. The number of nitrogens with zero attached hydrogens (tertiary/aromatic N) is 4. The molecule has 2 aromatic carbocycles. The van der Waals surface area contributed by atoms with Crippen LogP contribution >= 0.6 is 23.2 Å². The maximum Gasteiger partial charge on any atom is 0.335 e. The molecule has 2 rings (SSSR count). The number of carbonyl (C=O) groups is 3. The predicted octanol–water partition coefficient (Wildman–Crippen LogP) is -2.45. The van der Waals surface area contributed by atoms with Crippen LogP contribution in [-0.2, 0) is 14.4 Å². The Bertz CT molecular complexity index is 1820. The van der Waals surface area contributed by atoms with E-state index in [-0.39, 0.29) is 23.8 Å². The number of hydrogen-bond donors (Lipinski definition) is 19. The number of aliphatic hydroxyl groups is 10. The van der Waals surface area contributed by atoms with E-state index >= 15 is 0 Å². The maximum atomic E-state index is 10.1. The van der Waals surface area contributed by atoms with Gasteiger partial charge in [0.05, 0.1) is 13.2 Å². The van der Waals surface area contributed by atoms with Crippen molar-refractivity contribution in [3.05, 3.63) is 82.9 Å². The summed E-state index contributed by atoms with van der Waals surface area (Å²) in [4.78, 5) is 46.4. The topological polar surface area (TPSA) is 492 Å². The molecular formula is C40H62Cl2N10O16. The van der Waals surface area contributed by atoms with Crippen LogP contribution < -0.4 is 33.6 Å². The second kappa shape index (κ2) is 37.0. The van der Waals surface area contributed by atoms with Crippen LogP contribution in [0.25, 0.3) is 0 Å². The average Bonchev–Trinajstić information content (AvgIpc) is 3.29. The molecule has 26 nitrogen and oxygen atoms in total. The molecule has 0 bridgehead atoms. The van der Waals surface area contributed by atoms with Gasteiger partial charge in [-0.15, -0.1) is 0 Å². The number of aliphatic carboxylic acids is 3. The number of carboxylic acids is 3. The predicted molar refractivity (Wildman–Crippen MR) is 254 cm³/mol. The Balaban J connectivity index is 0. The summed E-state index contributed by atoms with van der Waals surface area (Å²) in [5.74, 6) is -3.80. The summed E-state index contributed by atoms with van der Waals surface area (Å²) < 4.78 is 0. The van der Waals surface area contributed by atoms with Gasteiger partial charge in [0.2, 0.25) is 23.8 Å². The van der Waals surface area contributed by atoms with Gasteiger partial charge in [-0.05, 0) is 68.3 Å².